The van der Waals surface area contributed by atoms with Gasteiger partial charge in [-0.2, -0.15) is 0 Å². The lowest BCUT2D eigenvalue weighted by Crippen LogP contribution is -2.47. The van der Waals surface area contributed by atoms with Crippen LogP contribution >= 0.6 is 0 Å². The smallest absolute Gasteiger partial charge is 0.265 e. The Kier molecular flexibility index (Phi) is 4.05. The fraction of sp³-hybridized carbons (Fsp3) is 0.200. The van der Waals surface area contributed by atoms with Crippen LogP contribution in [0.15, 0.2) is 72.8 Å². The minimum Gasteiger partial charge on any atom is -0.374 e. The minimum atomic E-state index is -1.95. The van der Waals surface area contributed by atoms with E-state index in [2.05, 4.69) is 0 Å². The second kappa shape index (κ2) is 6.54. The molecule has 2 atom stereocenters. The zero-order valence-electron chi connectivity index (χ0n) is 16.9. The number of aryl methyl sites for hydroxylation is 1. The Balaban J connectivity index is 1.68. The van der Waals surface area contributed by atoms with Crippen molar-refractivity contribution in [3.05, 3.63) is 95.1 Å². The van der Waals surface area contributed by atoms with Crippen molar-refractivity contribution in [2.24, 2.45) is 0 Å². The lowest BCUT2D eigenvalue weighted by molar-refractivity contribution is -0.144. The lowest BCUT2D eigenvalue weighted by atomic mass is 9.78. The maximum absolute atomic E-state index is 13.8. The van der Waals surface area contributed by atoms with Crippen molar-refractivity contribution in [3.8, 4) is 0 Å². The fourth-order valence-corrected chi connectivity index (χ4v) is 4.71. The number of rotatable bonds is 3. The van der Waals surface area contributed by atoms with Crippen molar-refractivity contribution in [1.82, 2.24) is 0 Å². The highest BCUT2D eigenvalue weighted by Crippen LogP contribution is 2.53. The molecule has 0 saturated heterocycles. The average molecular weight is 398 g/mol. The molecule has 0 radical (unpaired) electrons. The second-order valence-corrected chi connectivity index (χ2v) is 8.05. The standard InChI is InChI=1S/C25H22N2O3/c1-16-12-13-21-19(14-16)25(30,24(29)27(21)15-17-8-4-3-5-9-17)22-18-10-6-7-11-20(18)26(2)23(22)28/h3-14,22,30H,15H2,1-2H3/t22-,25+/m0/s1. The van der Waals surface area contributed by atoms with Gasteiger partial charge in [0, 0.05) is 18.3 Å². The summed E-state index contributed by atoms with van der Waals surface area (Å²) in [7, 11) is 1.68. The van der Waals surface area contributed by atoms with E-state index >= 15 is 0 Å². The first-order valence-corrected chi connectivity index (χ1v) is 9.99. The Hall–Kier alpha value is -3.44. The molecule has 5 rings (SSSR count). The van der Waals surface area contributed by atoms with Crippen LogP contribution in [-0.2, 0) is 21.7 Å². The number of carbonyl (C=O) groups is 2. The van der Waals surface area contributed by atoms with E-state index < -0.39 is 17.4 Å². The predicted octanol–water partition coefficient (Wildman–Crippen LogP) is 3.49. The number of amides is 2. The summed E-state index contributed by atoms with van der Waals surface area (Å²) in [4.78, 5) is 30.1. The molecule has 3 aromatic rings. The van der Waals surface area contributed by atoms with Gasteiger partial charge in [0.2, 0.25) is 5.91 Å². The summed E-state index contributed by atoms with van der Waals surface area (Å²) in [5, 5.41) is 12.0. The Morgan fingerprint density at radius 3 is 2.40 bits per heavy atom. The van der Waals surface area contributed by atoms with E-state index in [1.54, 1.807) is 11.9 Å². The number of hydrogen-bond acceptors (Lipinski definition) is 3. The van der Waals surface area contributed by atoms with Crippen LogP contribution in [0.2, 0.25) is 0 Å². The highest BCUT2D eigenvalue weighted by Gasteiger charge is 2.60. The molecule has 0 spiro atoms. The summed E-state index contributed by atoms with van der Waals surface area (Å²) in [6, 6.07) is 22.6. The first-order valence-electron chi connectivity index (χ1n) is 9.99. The van der Waals surface area contributed by atoms with Crippen molar-refractivity contribution in [2.75, 3.05) is 16.8 Å². The first kappa shape index (κ1) is 18.6. The number of anilines is 2. The molecule has 3 aromatic carbocycles. The summed E-state index contributed by atoms with van der Waals surface area (Å²) in [6.45, 7) is 2.25. The van der Waals surface area contributed by atoms with Gasteiger partial charge in [-0.15, -0.1) is 0 Å². The van der Waals surface area contributed by atoms with Crippen LogP contribution in [0.5, 0.6) is 0 Å². The van der Waals surface area contributed by atoms with Crippen molar-refractivity contribution in [2.45, 2.75) is 25.0 Å². The average Bonchev–Trinajstić information content (AvgIpc) is 3.13. The molecule has 2 heterocycles. The van der Waals surface area contributed by atoms with Crippen molar-refractivity contribution in [3.63, 3.8) is 0 Å². The Labute approximate surface area is 175 Å². The second-order valence-electron chi connectivity index (χ2n) is 8.05. The van der Waals surface area contributed by atoms with Crippen molar-refractivity contribution in [1.29, 1.82) is 0 Å². The van der Waals surface area contributed by atoms with E-state index in [9.17, 15) is 14.7 Å². The van der Waals surface area contributed by atoms with Crippen molar-refractivity contribution >= 4 is 23.2 Å². The Morgan fingerprint density at radius 1 is 0.933 bits per heavy atom. The van der Waals surface area contributed by atoms with Crippen LogP contribution in [0, 0.1) is 6.92 Å². The Bertz CT molecular complexity index is 1170. The van der Waals surface area contributed by atoms with Gasteiger partial charge in [-0.3, -0.25) is 9.59 Å². The van der Waals surface area contributed by atoms with E-state index in [0.717, 1.165) is 16.8 Å². The largest absolute Gasteiger partial charge is 0.374 e. The van der Waals surface area contributed by atoms with E-state index in [-0.39, 0.29) is 5.91 Å². The van der Waals surface area contributed by atoms with Gasteiger partial charge in [-0.05, 0) is 30.2 Å². The zero-order valence-corrected chi connectivity index (χ0v) is 16.9. The van der Waals surface area contributed by atoms with Gasteiger partial charge in [0.25, 0.3) is 5.91 Å². The van der Waals surface area contributed by atoms with E-state index in [1.807, 2.05) is 79.7 Å². The maximum Gasteiger partial charge on any atom is 0.265 e. The number of para-hydroxylation sites is 1. The highest BCUT2D eigenvalue weighted by molar-refractivity contribution is 6.15. The summed E-state index contributed by atoms with van der Waals surface area (Å²) in [5.41, 5.74) is 2.47. The van der Waals surface area contributed by atoms with Crippen LogP contribution < -0.4 is 9.80 Å². The molecule has 5 heteroatoms. The number of aliphatic hydroxyl groups is 1. The van der Waals surface area contributed by atoms with Gasteiger partial charge in [0.15, 0.2) is 5.60 Å². The van der Waals surface area contributed by atoms with Gasteiger partial charge in [-0.1, -0.05) is 66.2 Å². The van der Waals surface area contributed by atoms with Gasteiger partial charge in [0.05, 0.1) is 12.2 Å². The molecule has 1 N–H and O–H groups in total. The van der Waals surface area contributed by atoms with E-state index in [1.165, 1.54) is 4.90 Å². The lowest BCUT2D eigenvalue weighted by Gasteiger charge is -2.28. The number of likely N-dealkylation sites (N-methyl/N-ethyl adjacent to an activating group) is 1. The third kappa shape index (κ3) is 2.45. The first-order chi connectivity index (χ1) is 14.4. The quantitative estimate of drug-likeness (QED) is 0.735. The van der Waals surface area contributed by atoms with Gasteiger partial charge in [0.1, 0.15) is 5.92 Å². The monoisotopic (exact) mass is 398 g/mol. The summed E-state index contributed by atoms with van der Waals surface area (Å²) in [6.07, 6.45) is 0. The van der Waals surface area contributed by atoms with Crippen LogP contribution in [-0.4, -0.2) is 24.0 Å². The molecule has 150 valence electrons. The molecule has 0 aliphatic carbocycles. The molecule has 0 unspecified atom stereocenters. The van der Waals surface area contributed by atoms with Gasteiger partial charge < -0.3 is 14.9 Å². The minimum absolute atomic E-state index is 0.277. The molecule has 2 amide bonds. The van der Waals surface area contributed by atoms with Gasteiger partial charge >= 0.3 is 0 Å². The molecule has 2 aliphatic heterocycles. The van der Waals surface area contributed by atoms with E-state index in [4.69, 9.17) is 0 Å². The van der Waals surface area contributed by atoms with Crippen LogP contribution in [0.4, 0.5) is 11.4 Å². The number of fused-ring (bicyclic) bond motifs is 2. The molecule has 2 aliphatic rings. The third-order valence-electron chi connectivity index (χ3n) is 6.21. The summed E-state index contributed by atoms with van der Waals surface area (Å²) >= 11 is 0. The van der Waals surface area contributed by atoms with Crippen molar-refractivity contribution < 1.29 is 14.7 Å². The zero-order chi connectivity index (χ0) is 21.0. The maximum atomic E-state index is 13.8. The molecule has 0 aromatic heterocycles. The number of carbonyl (C=O) groups excluding carboxylic acids is 2. The van der Waals surface area contributed by atoms with E-state index in [0.29, 0.717) is 23.4 Å². The SMILES string of the molecule is Cc1ccc2c(c1)[C@@](O)([C@@H]1C(=O)N(C)c3ccccc31)C(=O)N2Cc1ccccc1. The molecular weight excluding hydrogens is 376 g/mol. The number of hydrogen-bond donors (Lipinski definition) is 1. The third-order valence-corrected chi connectivity index (χ3v) is 6.21. The Morgan fingerprint density at radius 2 is 1.63 bits per heavy atom. The van der Waals surface area contributed by atoms with Crippen LogP contribution in [0.1, 0.15) is 28.2 Å². The molecule has 0 saturated carbocycles. The molecular formula is C25H22N2O3. The molecule has 0 fully saturated rings. The topological polar surface area (TPSA) is 60.9 Å². The number of nitrogens with zero attached hydrogens (tertiary/aromatic N) is 2. The number of benzene rings is 3. The normalized spacial score (nSPS) is 22.4. The van der Waals surface area contributed by atoms with Gasteiger partial charge in [-0.25, -0.2) is 0 Å². The molecule has 0 bridgehead atoms. The van der Waals surface area contributed by atoms with Crippen LogP contribution in [0.25, 0.3) is 0 Å². The summed E-state index contributed by atoms with van der Waals surface area (Å²) < 4.78 is 0. The van der Waals surface area contributed by atoms with Crippen LogP contribution in [0.3, 0.4) is 0 Å². The predicted molar refractivity (Wildman–Crippen MR) is 115 cm³/mol. The molecule has 30 heavy (non-hydrogen) atoms. The fourth-order valence-electron chi connectivity index (χ4n) is 4.71. The summed E-state index contributed by atoms with van der Waals surface area (Å²) in [5.74, 6) is -1.72. The molecule has 5 nitrogen and oxygen atoms in total. The highest BCUT2D eigenvalue weighted by atomic mass is 16.3.